The third-order valence-electron chi connectivity index (χ3n) is 3.77. The minimum Gasteiger partial charge on any atom is -0.392 e. The molecule has 0 radical (unpaired) electrons. The molecule has 0 aliphatic carbocycles. The zero-order valence-electron chi connectivity index (χ0n) is 13.9. The smallest absolute Gasteiger partial charge is 0.224 e. The van der Waals surface area contributed by atoms with Crippen molar-refractivity contribution in [3.05, 3.63) is 45.7 Å². The van der Waals surface area contributed by atoms with E-state index in [9.17, 15) is 9.90 Å². The van der Waals surface area contributed by atoms with Gasteiger partial charge in [0.25, 0.3) is 0 Å². The molecule has 0 fully saturated rings. The maximum Gasteiger partial charge on any atom is 0.224 e. The average molecular weight is 336 g/mol. The van der Waals surface area contributed by atoms with Crippen LogP contribution in [0.3, 0.4) is 0 Å². The first-order valence-corrected chi connectivity index (χ1v) is 7.93. The fraction of sp³-hybridized carbons (Fsp3) is 0.412. The first kappa shape index (κ1) is 17.5. The summed E-state index contributed by atoms with van der Waals surface area (Å²) in [4.78, 5) is 12.0. The van der Waals surface area contributed by atoms with E-state index in [0.717, 1.165) is 28.2 Å². The highest BCUT2D eigenvalue weighted by atomic mass is 35.5. The number of rotatable bonds is 5. The standard InChI is InChI=1S/C17H22ClN3O2/c1-10-5-6-14(7-16(10)18)21-13(4)15(12(3)20-21)8-17(23)19-9-11(2)22/h5-7,11,22H,8-9H2,1-4H3,(H,19,23). The van der Waals surface area contributed by atoms with Gasteiger partial charge in [-0.15, -0.1) is 0 Å². The van der Waals surface area contributed by atoms with E-state index in [1.807, 2.05) is 39.0 Å². The maximum absolute atomic E-state index is 12.0. The Morgan fingerprint density at radius 1 is 1.39 bits per heavy atom. The zero-order chi connectivity index (χ0) is 17.1. The van der Waals surface area contributed by atoms with Crippen molar-refractivity contribution in [3.8, 4) is 5.69 Å². The van der Waals surface area contributed by atoms with Gasteiger partial charge in [0.2, 0.25) is 5.91 Å². The molecule has 0 spiro atoms. The number of aliphatic hydroxyl groups is 1. The molecule has 0 bridgehead atoms. The fourth-order valence-electron chi connectivity index (χ4n) is 2.38. The van der Waals surface area contributed by atoms with Gasteiger partial charge in [0.05, 0.1) is 23.9 Å². The molecule has 0 saturated heterocycles. The van der Waals surface area contributed by atoms with Crippen LogP contribution in [0.25, 0.3) is 5.69 Å². The number of carbonyl (C=O) groups is 1. The van der Waals surface area contributed by atoms with Crippen molar-refractivity contribution in [2.45, 2.75) is 40.2 Å². The molecule has 2 rings (SSSR count). The Morgan fingerprint density at radius 2 is 2.09 bits per heavy atom. The number of benzene rings is 1. The molecule has 124 valence electrons. The lowest BCUT2D eigenvalue weighted by Crippen LogP contribution is -2.31. The maximum atomic E-state index is 12.0. The highest BCUT2D eigenvalue weighted by Crippen LogP contribution is 2.23. The number of aromatic nitrogens is 2. The molecular weight excluding hydrogens is 314 g/mol. The number of nitrogens with one attached hydrogen (secondary N) is 1. The van der Waals surface area contributed by atoms with E-state index in [0.29, 0.717) is 5.02 Å². The SMILES string of the molecule is Cc1ccc(-n2nc(C)c(CC(=O)NCC(C)O)c2C)cc1Cl. The summed E-state index contributed by atoms with van der Waals surface area (Å²) in [5.74, 6) is -0.126. The van der Waals surface area contributed by atoms with Crippen molar-refractivity contribution in [2.24, 2.45) is 0 Å². The summed E-state index contributed by atoms with van der Waals surface area (Å²) in [7, 11) is 0. The number of aryl methyl sites for hydroxylation is 2. The van der Waals surface area contributed by atoms with E-state index in [1.165, 1.54) is 0 Å². The van der Waals surface area contributed by atoms with Crippen molar-refractivity contribution in [3.63, 3.8) is 0 Å². The Hall–Kier alpha value is -1.85. The van der Waals surface area contributed by atoms with Crippen LogP contribution < -0.4 is 5.32 Å². The van der Waals surface area contributed by atoms with Crippen LogP contribution in [0.5, 0.6) is 0 Å². The van der Waals surface area contributed by atoms with Crippen LogP contribution >= 0.6 is 11.6 Å². The molecule has 1 aromatic heterocycles. The number of hydrogen-bond acceptors (Lipinski definition) is 3. The summed E-state index contributed by atoms with van der Waals surface area (Å²) < 4.78 is 1.80. The van der Waals surface area contributed by atoms with Gasteiger partial charge in [-0.2, -0.15) is 5.10 Å². The molecule has 2 N–H and O–H groups in total. The summed E-state index contributed by atoms with van der Waals surface area (Å²) in [6, 6.07) is 5.77. The summed E-state index contributed by atoms with van der Waals surface area (Å²) in [5.41, 5.74) is 4.50. The number of nitrogens with zero attached hydrogens (tertiary/aromatic N) is 2. The fourth-order valence-corrected chi connectivity index (χ4v) is 2.56. The summed E-state index contributed by atoms with van der Waals surface area (Å²) in [5, 5.41) is 17.2. The van der Waals surface area contributed by atoms with Gasteiger partial charge in [-0.3, -0.25) is 4.79 Å². The minimum atomic E-state index is -0.557. The van der Waals surface area contributed by atoms with Crippen molar-refractivity contribution in [2.75, 3.05) is 6.54 Å². The Bertz CT molecular complexity index is 723. The van der Waals surface area contributed by atoms with Crippen LogP contribution in [0.4, 0.5) is 0 Å². The third-order valence-corrected chi connectivity index (χ3v) is 4.18. The lowest BCUT2D eigenvalue weighted by molar-refractivity contribution is -0.120. The highest BCUT2D eigenvalue weighted by molar-refractivity contribution is 6.31. The summed E-state index contributed by atoms with van der Waals surface area (Å²) >= 11 is 6.19. The normalized spacial score (nSPS) is 12.3. The van der Waals surface area contributed by atoms with E-state index in [4.69, 9.17) is 11.6 Å². The van der Waals surface area contributed by atoms with Crippen LogP contribution in [0.15, 0.2) is 18.2 Å². The molecule has 1 atom stereocenters. The van der Waals surface area contributed by atoms with Crippen molar-refractivity contribution in [1.82, 2.24) is 15.1 Å². The average Bonchev–Trinajstić information content (AvgIpc) is 2.76. The largest absolute Gasteiger partial charge is 0.392 e. The van der Waals surface area contributed by atoms with Crippen LogP contribution in [-0.2, 0) is 11.2 Å². The third kappa shape index (κ3) is 4.12. The molecule has 0 saturated carbocycles. The molecular formula is C17H22ClN3O2. The van der Waals surface area contributed by atoms with E-state index in [-0.39, 0.29) is 18.9 Å². The van der Waals surface area contributed by atoms with E-state index in [2.05, 4.69) is 10.4 Å². The molecule has 0 aliphatic heterocycles. The summed E-state index contributed by atoms with van der Waals surface area (Å²) in [6.45, 7) is 7.65. The number of carbonyl (C=O) groups excluding carboxylic acids is 1. The summed E-state index contributed by atoms with van der Waals surface area (Å²) in [6.07, 6.45) is -0.317. The van der Waals surface area contributed by atoms with Gasteiger partial charge in [-0.1, -0.05) is 17.7 Å². The van der Waals surface area contributed by atoms with Crippen molar-refractivity contribution < 1.29 is 9.90 Å². The Balaban J connectivity index is 2.25. The Morgan fingerprint density at radius 3 is 2.70 bits per heavy atom. The highest BCUT2D eigenvalue weighted by Gasteiger charge is 2.16. The van der Waals surface area contributed by atoms with Gasteiger partial charge in [-0.05, 0) is 45.4 Å². The second-order valence-corrected chi connectivity index (χ2v) is 6.23. The number of aliphatic hydroxyl groups excluding tert-OH is 1. The zero-order valence-corrected chi connectivity index (χ0v) is 14.6. The molecule has 0 aliphatic rings. The predicted octanol–water partition coefficient (Wildman–Crippen LogP) is 2.49. The van der Waals surface area contributed by atoms with Gasteiger partial charge in [0.15, 0.2) is 0 Å². The monoisotopic (exact) mass is 335 g/mol. The number of hydrogen-bond donors (Lipinski definition) is 2. The molecule has 1 amide bonds. The Labute approximate surface area is 141 Å². The lowest BCUT2D eigenvalue weighted by atomic mass is 10.1. The van der Waals surface area contributed by atoms with Gasteiger partial charge < -0.3 is 10.4 Å². The van der Waals surface area contributed by atoms with Crippen LogP contribution in [0.2, 0.25) is 5.02 Å². The van der Waals surface area contributed by atoms with E-state index >= 15 is 0 Å². The van der Waals surface area contributed by atoms with Gasteiger partial charge >= 0.3 is 0 Å². The molecule has 23 heavy (non-hydrogen) atoms. The lowest BCUT2D eigenvalue weighted by Gasteiger charge is -2.08. The molecule has 1 aromatic carbocycles. The number of halogens is 1. The molecule has 6 heteroatoms. The van der Waals surface area contributed by atoms with Gasteiger partial charge in [0.1, 0.15) is 0 Å². The molecule has 5 nitrogen and oxygen atoms in total. The van der Waals surface area contributed by atoms with E-state index < -0.39 is 6.10 Å². The van der Waals surface area contributed by atoms with Crippen molar-refractivity contribution >= 4 is 17.5 Å². The first-order chi connectivity index (χ1) is 10.8. The second-order valence-electron chi connectivity index (χ2n) is 5.82. The van der Waals surface area contributed by atoms with Gasteiger partial charge in [-0.25, -0.2) is 4.68 Å². The van der Waals surface area contributed by atoms with E-state index in [1.54, 1.807) is 11.6 Å². The topological polar surface area (TPSA) is 67.2 Å². The molecule has 1 heterocycles. The number of amides is 1. The van der Waals surface area contributed by atoms with Crippen LogP contribution in [0.1, 0.15) is 29.4 Å². The second kappa shape index (κ2) is 7.15. The van der Waals surface area contributed by atoms with Crippen molar-refractivity contribution in [1.29, 1.82) is 0 Å². The minimum absolute atomic E-state index is 0.126. The van der Waals surface area contributed by atoms with Crippen LogP contribution in [0, 0.1) is 20.8 Å². The molecule has 1 unspecified atom stereocenters. The quantitative estimate of drug-likeness (QED) is 0.882. The molecule has 2 aromatic rings. The predicted molar refractivity (Wildman–Crippen MR) is 91.2 cm³/mol. The first-order valence-electron chi connectivity index (χ1n) is 7.56. The van der Waals surface area contributed by atoms with Gasteiger partial charge in [0, 0.05) is 22.8 Å². The van der Waals surface area contributed by atoms with Crippen LogP contribution in [-0.4, -0.2) is 33.4 Å². The Kier molecular flexibility index (Phi) is 5.44.